The van der Waals surface area contributed by atoms with Crippen LogP contribution in [0.25, 0.3) is 4.91 Å². The van der Waals surface area contributed by atoms with Gasteiger partial charge in [-0.15, -0.1) is 35.3 Å². The number of hydrogen-bond acceptors (Lipinski definition) is 3. The normalized spacial score (nSPS) is 12.7. The average Bonchev–Trinajstić information content (AvgIpc) is 2.33. The molecule has 0 saturated carbocycles. The molecule has 134 valence electrons. The van der Waals surface area contributed by atoms with Crippen molar-refractivity contribution in [1.29, 1.82) is 0 Å². The fraction of sp³-hybridized carbons (Fsp3) is 0.571. The third-order valence-corrected chi connectivity index (χ3v) is 5.91. The monoisotopic (exact) mass is 380 g/mol. The molecule has 1 rings (SSSR count). The van der Waals surface area contributed by atoms with Crippen LogP contribution in [0.2, 0.25) is 0 Å². The van der Waals surface area contributed by atoms with E-state index in [1.165, 1.54) is 14.7 Å². The molecule has 3 heteroatoms. The van der Waals surface area contributed by atoms with Crippen molar-refractivity contribution in [3.8, 4) is 0 Å². The highest BCUT2D eigenvalue weighted by atomic mass is 32.2. The highest BCUT2D eigenvalue weighted by Crippen LogP contribution is 2.45. The Hall–Kier alpha value is -0.210. The van der Waals surface area contributed by atoms with Crippen LogP contribution in [-0.4, -0.2) is 14.2 Å². The number of benzene rings is 1. The molecule has 0 heterocycles. The van der Waals surface area contributed by atoms with Crippen molar-refractivity contribution < 1.29 is 0 Å². The Balaban J connectivity index is 3.46. The first-order chi connectivity index (χ1) is 10.8. The quantitative estimate of drug-likeness (QED) is 0.485. The van der Waals surface area contributed by atoms with E-state index in [0.717, 1.165) is 0 Å². The van der Waals surface area contributed by atoms with Gasteiger partial charge in [0.2, 0.25) is 0 Å². The molecule has 0 aliphatic carbocycles. The first kappa shape index (κ1) is 21.8. The van der Waals surface area contributed by atoms with Gasteiger partial charge in [0, 0.05) is 14.2 Å². The standard InChI is InChI=1S/C21H32S3/c1-19(2,3)22-17(16-13-11-10-12-14-16)15-18(23-20(4,5)6)24-21(7,8)9/h10-14H,1-9H3. The molecular weight excluding hydrogens is 348 g/mol. The zero-order valence-electron chi connectivity index (χ0n) is 16.6. The van der Waals surface area contributed by atoms with Crippen molar-refractivity contribution in [3.05, 3.63) is 45.9 Å². The zero-order chi connectivity index (χ0) is 18.6. The van der Waals surface area contributed by atoms with E-state index in [9.17, 15) is 0 Å². The molecule has 0 nitrogen and oxygen atoms in total. The summed E-state index contributed by atoms with van der Waals surface area (Å²) in [6, 6.07) is 10.6. The second kappa shape index (κ2) is 8.45. The van der Waals surface area contributed by atoms with Gasteiger partial charge in [0.25, 0.3) is 0 Å². The summed E-state index contributed by atoms with van der Waals surface area (Å²) in [5.41, 5.74) is 5.01. The van der Waals surface area contributed by atoms with Crippen LogP contribution >= 0.6 is 35.3 Å². The Bertz CT molecular complexity index is 569. The number of rotatable bonds is 4. The van der Waals surface area contributed by atoms with Crippen LogP contribution in [0.3, 0.4) is 0 Å². The van der Waals surface area contributed by atoms with Gasteiger partial charge in [-0.2, -0.15) is 0 Å². The van der Waals surface area contributed by atoms with Crippen LogP contribution in [0.1, 0.15) is 67.9 Å². The van der Waals surface area contributed by atoms with Crippen molar-refractivity contribution >= 4 is 40.2 Å². The highest BCUT2D eigenvalue weighted by Gasteiger charge is 2.21. The van der Waals surface area contributed by atoms with Crippen LogP contribution < -0.4 is 0 Å². The van der Waals surface area contributed by atoms with E-state index in [1.54, 1.807) is 0 Å². The van der Waals surface area contributed by atoms with Crippen molar-refractivity contribution in [2.45, 2.75) is 76.6 Å². The fourth-order valence-electron chi connectivity index (χ4n) is 1.77. The Kier molecular flexibility index (Phi) is 7.68. The van der Waals surface area contributed by atoms with E-state index in [-0.39, 0.29) is 14.2 Å². The van der Waals surface area contributed by atoms with Crippen LogP contribution in [0.5, 0.6) is 0 Å². The molecule has 24 heavy (non-hydrogen) atoms. The Morgan fingerprint density at radius 1 is 0.667 bits per heavy atom. The predicted octanol–water partition coefficient (Wildman–Crippen LogP) is 8.06. The van der Waals surface area contributed by atoms with Crippen LogP contribution in [-0.2, 0) is 0 Å². The van der Waals surface area contributed by atoms with Gasteiger partial charge in [0.15, 0.2) is 0 Å². The first-order valence-electron chi connectivity index (χ1n) is 8.39. The smallest absolute Gasteiger partial charge is 0.0847 e. The predicted molar refractivity (Wildman–Crippen MR) is 119 cm³/mol. The summed E-state index contributed by atoms with van der Waals surface area (Å²) in [4.78, 5) is 1.23. The van der Waals surface area contributed by atoms with E-state index < -0.39 is 0 Å². The molecule has 0 unspecified atom stereocenters. The number of thioether (sulfide) groups is 3. The first-order valence-corrected chi connectivity index (χ1v) is 10.8. The summed E-state index contributed by atoms with van der Waals surface area (Å²) in [6.45, 7) is 20.4. The Labute approximate surface area is 162 Å². The molecule has 0 aliphatic heterocycles. The van der Waals surface area contributed by atoms with Gasteiger partial charge in [-0.25, -0.2) is 0 Å². The number of hydrogen-bond donors (Lipinski definition) is 0. The fourth-order valence-corrected chi connectivity index (χ4v) is 6.01. The van der Waals surface area contributed by atoms with Gasteiger partial charge >= 0.3 is 0 Å². The highest BCUT2D eigenvalue weighted by molar-refractivity contribution is 8.23. The summed E-state index contributed by atoms with van der Waals surface area (Å²) < 4.78 is 1.77. The minimum Gasteiger partial charge on any atom is -0.111 e. The van der Waals surface area contributed by atoms with Crippen molar-refractivity contribution in [2.24, 2.45) is 0 Å². The summed E-state index contributed by atoms with van der Waals surface area (Å²) in [6.07, 6.45) is 0. The molecule has 0 bridgehead atoms. The molecule has 0 saturated heterocycles. The van der Waals surface area contributed by atoms with E-state index in [2.05, 4.69) is 98.4 Å². The van der Waals surface area contributed by atoms with E-state index in [4.69, 9.17) is 0 Å². The summed E-state index contributed by atoms with van der Waals surface area (Å²) >= 11 is 5.72. The van der Waals surface area contributed by atoms with Crippen LogP contribution in [0.15, 0.2) is 40.3 Å². The van der Waals surface area contributed by atoms with Crippen molar-refractivity contribution in [1.82, 2.24) is 0 Å². The lowest BCUT2D eigenvalue weighted by Crippen LogP contribution is -2.11. The molecule has 0 spiro atoms. The Morgan fingerprint density at radius 2 is 1.08 bits per heavy atom. The van der Waals surface area contributed by atoms with Gasteiger partial charge in [-0.1, -0.05) is 98.4 Å². The molecule has 0 radical (unpaired) electrons. The minimum absolute atomic E-state index is 0.155. The summed E-state index contributed by atoms with van der Waals surface area (Å²) in [7, 11) is 0. The second-order valence-corrected chi connectivity index (χ2v) is 14.5. The third-order valence-electron chi connectivity index (χ3n) is 2.46. The lowest BCUT2D eigenvalue weighted by Gasteiger charge is -2.24. The molecule has 0 aromatic heterocycles. The molecular formula is C21H32S3. The van der Waals surface area contributed by atoms with Crippen LogP contribution in [0, 0.1) is 0 Å². The van der Waals surface area contributed by atoms with Crippen LogP contribution in [0.4, 0.5) is 0 Å². The Morgan fingerprint density at radius 3 is 1.46 bits per heavy atom. The molecule has 0 N–H and O–H groups in total. The summed E-state index contributed by atoms with van der Waals surface area (Å²) in [5, 5.41) is 0. The molecule has 1 aromatic carbocycles. The van der Waals surface area contributed by atoms with Gasteiger partial charge in [0.05, 0.1) is 9.14 Å². The largest absolute Gasteiger partial charge is 0.111 e. The lowest BCUT2D eigenvalue weighted by molar-refractivity contribution is 0.803. The van der Waals surface area contributed by atoms with Gasteiger partial charge in [0.1, 0.15) is 0 Å². The maximum atomic E-state index is 3.76. The third kappa shape index (κ3) is 9.93. The lowest BCUT2D eigenvalue weighted by atomic mass is 10.2. The molecule has 0 amide bonds. The van der Waals surface area contributed by atoms with Gasteiger partial charge < -0.3 is 0 Å². The van der Waals surface area contributed by atoms with Gasteiger partial charge in [-0.05, 0) is 5.56 Å². The average molecular weight is 381 g/mol. The van der Waals surface area contributed by atoms with E-state index in [0.29, 0.717) is 0 Å². The molecule has 0 fully saturated rings. The molecule has 1 aromatic rings. The topological polar surface area (TPSA) is 0 Å². The van der Waals surface area contributed by atoms with Gasteiger partial charge in [-0.3, -0.25) is 0 Å². The van der Waals surface area contributed by atoms with Crippen molar-refractivity contribution in [2.75, 3.05) is 0 Å². The van der Waals surface area contributed by atoms with Crippen molar-refractivity contribution in [3.63, 3.8) is 0 Å². The van der Waals surface area contributed by atoms with E-state index in [1.807, 2.05) is 35.3 Å². The maximum absolute atomic E-state index is 3.76. The maximum Gasteiger partial charge on any atom is 0.0847 e. The molecule has 0 aliphatic rings. The zero-order valence-corrected chi connectivity index (χ0v) is 19.1. The molecule has 0 atom stereocenters. The second-order valence-electron chi connectivity index (χ2n) is 8.75. The minimum atomic E-state index is 0.155. The SMILES string of the molecule is CC(C)(C)SC(=C=C(SC(C)(C)C)c1ccccc1)SC(C)(C)C. The summed E-state index contributed by atoms with van der Waals surface area (Å²) in [5.74, 6) is 0. The van der Waals surface area contributed by atoms with E-state index >= 15 is 0 Å².